The zero-order chi connectivity index (χ0) is 15.7. The second-order valence-corrected chi connectivity index (χ2v) is 7.47. The lowest BCUT2D eigenvalue weighted by Gasteiger charge is -2.20. The number of hydrogen-bond acceptors (Lipinski definition) is 4. The van der Waals surface area contributed by atoms with Crippen LogP contribution in [0.15, 0.2) is 29.2 Å². The molecular formula is C14H19NO5S. The molecule has 0 amide bonds. The maximum absolute atomic E-state index is 12.5. The summed E-state index contributed by atoms with van der Waals surface area (Å²) in [6.07, 6.45) is 0.323. The summed E-state index contributed by atoms with van der Waals surface area (Å²) in [4.78, 5) is 11.4. The molecule has 0 radical (unpaired) electrons. The number of nitrogens with zero attached hydrogens (tertiary/aromatic N) is 1. The number of carboxylic acids is 1. The minimum Gasteiger partial charge on any atom is -0.481 e. The molecule has 7 heteroatoms. The van der Waals surface area contributed by atoms with E-state index in [1.165, 1.54) is 16.4 Å². The van der Waals surface area contributed by atoms with Gasteiger partial charge >= 0.3 is 5.97 Å². The number of carbonyl (C=O) groups is 1. The third kappa shape index (κ3) is 3.09. The molecule has 1 N–H and O–H groups in total. The normalized spacial score (nSPS) is 23.3. The van der Waals surface area contributed by atoms with Crippen molar-refractivity contribution >= 4 is 16.0 Å². The molecule has 1 unspecified atom stereocenters. The van der Waals surface area contributed by atoms with E-state index < -0.39 is 21.4 Å². The van der Waals surface area contributed by atoms with Gasteiger partial charge in [0.25, 0.3) is 0 Å². The molecule has 0 aliphatic carbocycles. The molecule has 6 nitrogen and oxygen atoms in total. The summed E-state index contributed by atoms with van der Waals surface area (Å²) in [7, 11) is -2.07. The van der Waals surface area contributed by atoms with Gasteiger partial charge < -0.3 is 9.84 Å². The molecule has 0 aromatic heterocycles. The van der Waals surface area contributed by atoms with Gasteiger partial charge in [0.1, 0.15) is 0 Å². The van der Waals surface area contributed by atoms with E-state index in [1.807, 2.05) is 0 Å². The topological polar surface area (TPSA) is 83.9 Å². The fourth-order valence-corrected chi connectivity index (χ4v) is 3.94. The predicted molar refractivity (Wildman–Crippen MR) is 76.3 cm³/mol. The molecular weight excluding hydrogens is 294 g/mol. The average molecular weight is 313 g/mol. The molecule has 1 heterocycles. The monoisotopic (exact) mass is 313 g/mol. The summed E-state index contributed by atoms with van der Waals surface area (Å²) in [6.45, 7) is 2.23. The number of carboxylic acid groups (broad SMARTS) is 1. The van der Waals surface area contributed by atoms with Gasteiger partial charge in [-0.1, -0.05) is 12.1 Å². The summed E-state index contributed by atoms with van der Waals surface area (Å²) in [5.41, 5.74) is -0.128. The lowest BCUT2D eigenvalue weighted by Crippen LogP contribution is -2.34. The van der Waals surface area contributed by atoms with Gasteiger partial charge in [-0.3, -0.25) is 4.79 Å². The van der Waals surface area contributed by atoms with Crippen LogP contribution in [0.4, 0.5) is 0 Å². The Bertz CT molecular complexity index is 625. The molecule has 1 atom stereocenters. The Morgan fingerprint density at radius 2 is 2.00 bits per heavy atom. The lowest BCUT2D eigenvalue weighted by atomic mass is 9.90. The number of rotatable bonds is 5. The Kier molecular flexibility index (Phi) is 4.36. The van der Waals surface area contributed by atoms with E-state index in [0.717, 1.165) is 5.56 Å². The lowest BCUT2D eigenvalue weighted by molar-refractivity contribution is -0.146. The Labute approximate surface area is 124 Å². The van der Waals surface area contributed by atoms with E-state index in [-0.39, 0.29) is 18.0 Å². The van der Waals surface area contributed by atoms with Crippen LogP contribution in [-0.4, -0.2) is 44.0 Å². The molecule has 21 heavy (non-hydrogen) atoms. The quantitative estimate of drug-likeness (QED) is 0.886. The molecule has 1 aliphatic rings. The van der Waals surface area contributed by atoms with Crippen molar-refractivity contribution in [2.45, 2.75) is 24.8 Å². The van der Waals surface area contributed by atoms with E-state index in [2.05, 4.69) is 0 Å². The summed E-state index contributed by atoms with van der Waals surface area (Å²) in [5, 5.41) is 9.19. The second-order valence-electron chi connectivity index (χ2n) is 5.53. The van der Waals surface area contributed by atoms with Crippen LogP contribution in [0.25, 0.3) is 0 Å². The molecule has 0 spiro atoms. The standard InChI is InChI=1S/C14H19NO5S/c1-14(13(16)17)7-8-15(10-14)21(18,19)12-5-3-11(4-6-12)9-20-2/h3-6H,7-10H2,1-2H3,(H,16,17). The zero-order valence-electron chi connectivity index (χ0n) is 12.1. The van der Waals surface area contributed by atoms with E-state index >= 15 is 0 Å². The SMILES string of the molecule is COCc1ccc(S(=O)(=O)N2CCC(C)(C(=O)O)C2)cc1. The second kappa shape index (κ2) is 5.75. The highest BCUT2D eigenvalue weighted by molar-refractivity contribution is 7.89. The number of ether oxygens (including phenoxy) is 1. The zero-order valence-corrected chi connectivity index (χ0v) is 12.9. The number of aliphatic carboxylic acids is 1. The molecule has 2 rings (SSSR count). The van der Waals surface area contributed by atoms with E-state index in [0.29, 0.717) is 13.0 Å². The van der Waals surface area contributed by atoms with Crippen molar-refractivity contribution in [3.8, 4) is 0 Å². The Hall–Kier alpha value is -1.44. The molecule has 116 valence electrons. The van der Waals surface area contributed by atoms with Crippen molar-refractivity contribution in [1.29, 1.82) is 0 Å². The van der Waals surface area contributed by atoms with Crippen LogP contribution in [0.1, 0.15) is 18.9 Å². The summed E-state index contributed by atoms with van der Waals surface area (Å²) >= 11 is 0. The third-order valence-electron chi connectivity index (χ3n) is 3.83. The fraction of sp³-hybridized carbons (Fsp3) is 0.500. The molecule has 1 saturated heterocycles. The van der Waals surface area contributed by atoms with Crippen LogP contribution in [-0.2, 0) is 26.2 Å². The molecule has 1 fully saturated rings. The van der Waals surface area contributed by atoms with Crippen molar-refractivity contribution in [2.24, 2.45) is 5.41 Å². The molecule has 1 aromatic carbocycles. The minimum absolute atomic E-state index is 0.00445. The van der Waals surface area contributed by atoms with Gasteiger partial charge in [0.05, 0.1) is 16.9 Å². The smallest absolute Gasteiger partial charge is 0.310 e. The van der Waals surface area contributed by atoms with Gasteiger partial charge in [-0.25, -0.2) is 8.42 Å². The van der Waals surface area contributed by atoms with Crippen molar-refractivity contribution in [1.82, 2.24) is 4.31 Å². The van der Waals surface area contributed by atoms with Crippen LogP contribution < -0.4 is 0 Å². The Balaban J connectivity index is 2.21. The van der Waals surface area contributed by atoms with Crippen LogP contribution in [0.3, 0.4) is 0 Å². The van der Waals surface area contributed by atoms with Crippen molar-refractivity contribution < 1.29 is 23.1 Å². The van der Waals surface area contributed by atoms with Crippen molar-refractivity contribution in [2.75, 3.05) is 20.2 Å². The number of benzene rings is 1. The summed E-state index contributed by atoms with van der Waals surface area (Å²) in [6, 6.07) is 6.45. The maximum atomic E-state index is 12.5. The largest absolute Gasteiger partial charge is 0.481 e. The first-order valence-corrected chi connectivity index (χ1v) is 8.05. The Morgan fingerprint density at radius 3 is 2.48 bits per heavy atom. The van der Waals surface area contributed by atoms with Crippen molar-refractivity contribution in [3.05, 3.63) is 29.8 Å². The van der Waals surface area contributed by atoms with E-state index in [1.54, 1.807) is 26.2 Å². The van der Waals surface area contributed by atoms with E-state index in [4.69, 9.17) is 4.74 Å². The van der Waals surface area contributed by atoms with Gasteiger partial charge in [0.2, 0.25) is 10.0 Å². The summed E-state index contributed by atoms with van der Waals surface area (Å²) < 4.78 is 31.3. The third-order valence-corrected chi connectivity index (χ3v) is 5.69. The fourth-order valence-electron chi connectivity index (χ4n) is 2.37. The highest BCUT2D eigenvalue weighted by Crippen LogP contribution is 2.33. The van der Waals surface area contributed by atoms with Gasteiger partial charge in [-0.15, -0.1) is 0 Å². The van der Waals surface area contributed by atoms with Crippen LogP contribution in [0.5, 0.6) is 0 Å². The number of sulfonamides is 1. The van der Waals surface area contributed by atoms with Crippen LogP contribution >= 0.6 is 0 Å². The first-order chi connectivity index (χ1) is 9.79. The Morgan fingerprint density at radius 1 is 1.38 bits per heavy atom. The van der Waals surface area contributed by atoms with Crippen LogP contribution in [0.2, 0.25) is 0 Å². The van der Waals surface area contributed by atoms with Crippen molar-refractivity contribution in [3.63, 3.8) is 0 Å². The number of hydrogen-bond donors (Lipinski definition) is 1. The van der Waals surface area contributed by atoms with Gasteiger partial charge in [-0.05, 0) is 31.0 Å². The minimum atomic E-state index is -3.65. The maximum Gasteiger partial charge on any atom is 0.310 e. The van der Waals surface area contributed by atoms with Gasteiger partial charge in [0, 0.05) is 20.2 Å². The average Bonchev–Trinajstić information content (AvgIpc) is 2.85. The first-order valence-electron chi connectivity index (χ1n) is 6.61. The van der Waals surface area contributed by atoms with Crippen LogP contribution in [0, 0.1) is 5.41 Å². The van der Waals surface area contributed by atoms with E-state index in [9.17, 15) is 18.3 Å². The predicted octanol–water partition coefficient (Wildman–Crippen LogP) is 1.32. The summed E-state index contributed by atoms with van der Waals surface area (Å²) in [5.74, 6) is -0.962. The highest BCUT2D eigenvalue weighted by atomic mass is 32.2. The van der Waals surface area contributed by atoms with Gasteiger partial charge in [-0.2, -0.15) is 4.31 Å². The molecule has 1 aliphatic heterocycles. The first kappa shape index (κ1) is 15.9. The number of methoxy groups -OCH3 is 1. The molecule has 1 aromatic rings. The molecule has 0 saturated carbocycles. The van der Waals surface area contributed by atoms with Gasteiger partial charge in [0.15, 0.2) is 0 Å². The highest BCUT2D eigenvalue weighted by Gasteiger charge is 2.44. The molecule has 0 bridgehead atoms.